The molecule has 0 radical (unpaired) electrons. The van der Waals surface area contributed by atoms with Gasteiger partial charge in [0.15, 0.2) is 0 Å². The van der Waals surface area contributed by atoms with Crippen LogP contribution in [0.5, 0.6) is 0 Å². The van der Waals surface area contributed by atoms with Crippen LogP contribution in [0, 0.1) is 0 Å². The van der Waals surface area contributed by atoms with Crippen molar-refractivity contribution >= 4 is 34.1 Å². The number of hydrogen-bond acceptors (Lipinski definition) is 0. The molecule has 6 heteroatoms. The van der Waals surface area contributed by atoms with Gasteiger partial charge >= 0.3 is 6.18 Å². The van der Waals surface area contributed by atoms with Crippen molar-refractivity contribution in [2.75, 3.05) is 0 Å². The number of aromatic nitrogens is 1. The number of H-pyrrole nitrogens is 1. The van der Waals surface area contributed by atoms with Crippen LogP contribution in [0.15, 0.2) is 42.5 Å². The molecule has 1 heterocycles. The van der Waals surface area contributed by atoms with Gasteiger partial charge in [0.25, 0.3) is 0 Å². The number of alkyl halides is 3. The maximum Gasteiger partial charge on any atom is 0.431 e. The molecular weight excluding hydrogens is 322 g/mol. The van der Waals surface area contributed by atoms with Crippen molar-refractivity contribution in [2.45, 2.75) is 6.18 Å². The molecule has 2 aromatic carbocycles. The molecule has 0 aliphatic carbocycles. The Labute approximate surface area is 128 Å². The van der Waals surface area contributed by atoms with Crippen molar-refractivity contribution in [3.63, 3.8) is 0 Å². The van der Waals surface area contributed by atoms with Crippen LogP contribution in [0.1, 0.15) is 5.69 Å². The van der Waals surface area contributed by atoms with Crippen molar-refractivity contribution < 1.29 is 13.2 Å². The number of rotatable bonds is 1. The van der Waals surface area contributed by atoms with Gasteiger partial charge in [0.2, 0.25) is 0 Å². The monoisotopic (exact) mass is 329 g/mol. The second-order valence-electron chi connectivity index (χ2n) is 4.61. The van der Waals surface area contributed by atoms with Crippen LogP contribution in [-0.2, 0) is 6.18 Å². The van der Waals surface area contributed by atoms with Crippen molar-refractivity contribution in [3.8, 4) is 11.1 Å². The van der Waals surface area contributed by atoms with E-state index in [2.05, 4.69) is 4.98 Å². The van der Waals surface area contributed by atoms with Gasteiger partial charge in [0.05, 0.1) is 5.02 Å². The number of hydrogen-bond donors (Lipinski definition) is 1. The van der Waals surface area contributed by atoms with E-state index in [9.17, 15) is 13.2 Å². The molecule has 0 saturated carbocycles. The molecule has 0 atom stereocenters. The fraction of sp³-hybridized carbons (Fsp3) is 0.0667. The van der Waals surface area contributed by atoms with Gasteiger partial charge in [-0.15, -0.1) is 0 Å². The summed E-state index contributed by atoms with van der Waals surface area (Å²) < 4.78 is 38.1. The molecule has 1 nitrogen and oxygen atoms in total. The zero-order valence-electron chi connectivity index (χ0n) is 10.4. The van der Waals surface area contributed by atoms with Crippen molar-refractivity contribution in [2.24, 2.45) is 0 Å². The minimum Gasteiger partial charge on any atom is -0.351 e. The van der Waals surface area contributed by atoms with Crippen LogP contribution in [0.4, 0.5) is 13.2 Å². The van der Waals surface area contributed by atoms with Gasteiger partial charge in [-0.3, -0.25) is 0 Å². The highest BCUT2D eigenvalue weighted by molar-refractivity contribution is 6.34. The number of nitrogens with one attached hydrogen (secondary N) is 1. The van der Waals surface area contributed by atoms with E-state index in [0.29, 0.717) is 26.5 Å². The predicted molar refractivity (Wildman–Crippen MR) is 78.8 cm³/mol. The second-order valence-corrected chi connectivity index (χ2v) is 5.45. The molecule has 0 unspecified atom stereocenters. The summed E-state index contributed by atoms with van der Waals surface area (Å²) in [5, 5.41) is 1.41. The summed E-state index contributed by atoms with van der Waals surface area (Å²) in [6, 6.07) is 11.2. The highest BCUT2D eigenvalue weighted by atomic mass is 35.5. The number of fused-ring (bicyclic) bond motifs is 1. The maximum absolute atomic E-state index is 12.7. The summed E-state index contributed by atoms with van der Waals surface area (Å²) >= 11 is 12.0. The lowest BCUT2D eigenvalue weighted by molar-refractivity contribution is -0.140. The molecule has 21 heavy (non-hydrogen) atoms. The van der Waals surface area contributed by atoms with E-state index in [1.165, 1.54) is 6.07 Å². The van der Waals surface area contributed by atoms with Crippen molar-refractivity contribution in [1.29, 1.82) is 0 Å². The lowest BCUT2D eigenvalue weighted by atomic mass is 10.0. The van der Waals surface area contributed by atoms with Crippen molar-refractivity contribution in [3.05, 3.63) is 58.2 Å². The number of halogens is 5. The lowest BCUT2D eigenvalue weighted by Crippen LogP contribution is -2.04. The molecule has 3 rings (SSSR count). The SMILES string of the molecule is FC(F)(F)c1cc2cc(-c3ccc(Cl)cc3)c(Cl)cc2[nH]1. The summed E-state index contributed by atoms with van der Waals surface area (Å²) in [4.78, 5) is 2.33. The van der Waals surface area contributed by atoms with Crippen LogP contribution < -0.4 is 0 Å². The predicted octanol–water partition coefficient (Wildman–Crippen LogP) is 6.16. The zero-order chi connectivity index (χ0) is 15.2. The third-order valence-corrected chi connectivity index (χ3v) is 3.73. The van der Waals surface area contributed by atoms with E-state index in [1.54, 1.807) is 30.3 Å². The topological polar surface area (TPSA) is 15.8 Å². The summed E-state index contributed by atoms with van der Waals surface area (Å²) in [5.74, 6) is 0. The molecule has 1 aromatic heterocycles. The molecule has 0 bridgehead atoms. The van der Waals surface area contributed by atoms with Gasteiger partial charge in [-0.2, -0.15) is 13.2 Å². The Hall–Kier alpha value is -1.65. The second kappa shape index (κ2) is 4.97. The Kier molecular flexibility index (Phi) is 3.38. The van der Waals surface area contributed by atoms with E-state index in [0.717, 1.165) is 11.6 Å². The van der Waals surface area contributed by atoms with E-state index < -0.39 is 11.9 Å². The third kappa shape index (κ3) is 2.74. The maximum atomic E-state index is 12.7. The molecule has 108 valence electrons. The van der Waals surface area contributed by atoms with Gasteiger partial charge < -0.3 is 4.98 Å². The van der Waals surface area contributed by atoms with Gasteiger partial charge in [-0.05, 0) is 35.9 Å². The van der Waals surface area contributed by atoms with Crippen LogP contribution in [0.2, 0.25) is 10.0 Å². The quantitative estimate of drug-likeness (QED) is 0.550. The van der Waals surface area contributed by atoms with Crippen molar-refractivity contribution in [1.82, 2.24) is 4.98 Å². The van der Waals surface area contributed by atoms with Crippen LogP contribution in [0.3, 0.4) is 0 Å². The Morgan fingerprint density at radius 3 is 2.19 bits per heavy atom. The summed E-state index contributed by atoms with van der Waals surface area (Å²) in [6.07, 6.45) is -4.41. The Balaban J connectivity index is 2.16. The fourth-order valence-corrected chi connectivity index (χ4v) is 2.56. The van der Waals surface area contributed by atoms with Gasteiger partial charge in [-0.1, -0.05) is 35.3 Å². The number of benzene rings is 2. The highest BCUT2D eigenvalue weighted by Crippen LogP contribution is 2.36. The van der Waals surface area contributed by atoms with E-state index in [1.807, 2.05) is 0 Å². The number of aromatic amines is 1. The minimum absolute atomic E-state index is 0.352. The average molecular weight is 330 g/mol. The minimum atomic E-state index is -4.41. The third-order valence-electron chi connectivity index (χ3n) is 3.17. The Bertz CT molecular complexity index is 804. The fourth-order valence-electron chi connectivity index (χ4n) is 2.16. The average Bonchev–Trinajstić information content (AvgIpc) is 2.81. The standard InChI is InChI=1S/C15H8Cl2F3N/c16-10-3-1-8(2-4-10)11-5-9-6-14(15(18,19)20)21-13(9)7-12(11)17/h1-7,21H. The van der Waals surface area contributed by atoms with E-state index >= 15 is 0 Å². The molecule has 3 aromatic rings. The van der Waals surface area contributed by atoms with Crippen LogP contribution >= 0.6 is 23.2 Å². The molecule has 0 amide bonds. The largest absolute Gasteiger partial charge is 0.431 e. The lowest BCUT2D eigenvalue weighted by Gasteiger charge is -2.05. The smallest absolute Gasteiger partial charge is 0.351 e. The first-order valence-electron chi connectivity index (χ1n) is 6.00. The van der Waals surface area contributed by atoms with Gasteiger partial charge in [0, 0.05) is 21.5 Å². The first kappa shape index (κ1) is 14.3. The molecular formula is C15H8Cl2F3N. The molecule has 0 aliphatic heterocycles. The Morgan fingerprint density at radius 2 is 1.57 bits per heavy atom. The summed E-state index contributed by atoms with van der Waals surface area (Å²) in [7, 11) is 0. The van der Waals surface area contributed by atoms with Crippen LogP contribution in [-0.4, -0.2) is 4.98 Å². The first-order valence-corrected chi connectivity index (χ1v) is 6.75. The Morgan fingerprint density at radius 1 is 0.905 bits per heavy atom. The normalized spacial score (nSPS) is 12.0. The molecule has 1 N–H and O–H groups in total. The van der Waals surface area contributed by atoms with Crippen LogP contribution in [0.25, 0.3) is 22.0 Å². The molecule has 0 saturated heterocycles. The first-order chi connectivity index (χ1) is 9.84. The summed E-state index contributed by atoms with van der Waals surface area (Å²) in [5.41, 5.74) is 1.02. The molecule has 0 aliphatic rings. The van der Waals surface area contributed by atoms with E-state index in [-0.39, 0.29) is 0 Å². The van der Waals surface area contributed by atoms with Gasteiger partial charge in [-0.25, -0.2) is 0 Å². The van der Waals surface area contributed by atoms with Gasteiger partial charge in [0.1, 0.15) is 5.69 Å². The molecule has 0 fully saturated rings. The summed E-state index contributed by atoms with van der Waals surface area (Å²) in [6.45, 7) is 0. The van der Waals surface area contributed by atoms with E-state index in [4.69, 9.17) is 23.2 Å². The zero-order valence-corrected chi connectivity index (χ0v) is 11.9. The molecule has 0 spiro atoms. The highest BCUT2D eigenvalue weighted by Gasteiger charge is 2.32.